The number of aliphatic carboxylic acids is 1. The predicted octanol–water partition coefficient (Wildman–Crippen LogP) is -0.751. The number of nitrogens with zero attached hydrogens (tertiary/aromatic N) is 1. The molecule has 0 fully saturated rings. The molecule has 12 nitrogen and oxygen atoms in total. The third-order valence-electron chi connectivity index (χ3n) is 4.02. The van der Waals surface area contributed by atoms with Crippen LogP contribution in [0.1, 0.15) is 16.8 Å². The average Bonchev–Trinajstić information content (AvgIpc) is 2.74. The monoisotopic (exact) mass is 423 g/mol. The molecular weight excluding hydrogens is 398 g/mol. The van der Waals surface area contributed by atoms with Crippen molar-refractivity contribution in [3.63, 3.8) is 0 Å². The summed E-state index contributed by atoms with van der Waals surface area (Å²) >= 11 is 0. The molecule has 0 saturated carbocycles. The summed E-state index contributed by atoms with van der Waals surface area (Å²) in [6.45, 7) is 2.06. The highest BCUT2D eigenvalue weighted by molar-refractivity contribution is 5.97. The second kappa shape index (κ2) is 11.3. The molecule has 1 aliphatic heterocycles. The van der Waals surface area contributed by atoms with E-state index in [-0.39, 0.29) is 11.3 Å². The lowest BCUT2D eigenvalue weighted by molar-refractivity contribution is -0.139. The molecule has 0 aromatic heterocycles. The Bertz CT molecular complexity index is 799. The number of phenols is 1. The summed E-state index contributed by atoms with van der Waals surface area (Å²) in [7, 11) is 1.09. The number of carboxylic acid groups (broad SMARTS) is 1. The van der Waals surface area contributed by atoms with Crippen LogP contribution in [0.15, 0.2) is 23.2 Å². The molecule has 1 aliphatic rings. The Morgan fingerprint density at radius 2 is 2.13 bits per heavy atom. The lowest BCUT2D eigenvalue weighted by atomic mass is 10.1. The van der Waals surface area contributed by atoms with Gasteiger partial charge in [-0.15, -0.1) is 0 Å². The van der Waals surface area contributed by atoms with Gasteiger partial charge < -0.3 is 41.0 Å². The molecule has 0 saturated heterocycles. The molecule has 0 bridgehead atoms. The molecule has 164 valence electrons. The molecule has 0 unspecified atom stereocenters. The van der Waals surface area contributed by atoms with Crippen molar-refractivity contribution in [1.29, 1.82) is 0 Å². The second-order valence-corrected chi connectivity index (χ2v) is 6.20. The van der Waals surface area contributed by atoms with Crippen LogP contribution in [0.25, 0.3) is 0 Å². The minimum Gasteiger partial charge on any atom is -0.507 e. The van der Waals surface area contributed by atoms with Gasteiger partial charge in [-0.2, -0.15) is 0 Å². The van der Waals surface area contributed by atoms with Crippen molar-refractivity contribution in [3.8, 4) is 11.5 Å². The normalized spacial score (nSPS) is 13.8. The zero-order chi connectivity index (χ0) is 21.9. The number of benzene rings is 1. The summed E-state index contributed by atoms with van der Waals surface area (Å²) in [6.07, 6.45) is 0.0569. The van der Waals surface area contributed by atoms with Gasteiger partial charge in [-0.3, -0.25) is 9.79 Å². The number of nitrogens with one attached hydrogen (secondary N) is 4. The molecule has 2 rings (SSSR count). The summed E-state index contributed by atoms with van der Waals surface area (Å²) in [5.41, 5.74) is -0.0663. The maximum absolute atomic E-state index is 12.2. The topological polar surface area (TPSA) is 171 Å². The second-order valence-electron chi connectivity index (χ2n) is 6.20. The number of alkyl carbamates (subject to hydrolysis) is 1. The first-order chi connectivity index (χ1) is 14.4. The number of carboxylic acids is 1. The van der Waals surface area contributed by atoms with Crippen LogP contribution < -0.4 is 26.0 Å². The largest absolute Gasteiger partial charge is 0.507 e. The van der Waals surface area contributed by atoms with E-state index in [4.69, 9.17) is 9.84 Å². The first-order valence-corrected chi connectivity index (χ1v) is 9.24. The summed E-state index contributed by atoms with van der Waals surface area (Å²) < 4.78 is 9.86. The van der Waals surface area contributed by atoms with Crippen LogP contribution in [-0.4, -0.2) is 80.1 Å². The van der Waals surface area contributed by atoms with Crippen LogP contribution in [0.5, 0.6) is 11.5 Å². The first kappa shape index (κ1) is 22.6. The Hall–Kier alpha value is -3.70. The number of amides is 2. The van der Waals surface area contributed by atoms with E-state index < -0.39 is 30.6 Å². The van der Waals surface area contributed by atoms with Gasteiger partial charge in [0.1, 0.15) is 24.1 Å². The van der Waals surface area contributed by atoms with E-state index in [1.807, 2.05) is 0 Å². The van der Waals surface area contributed by atoms with Crippen LogP contribution in [-0.2, 0) is 9.53 Å². The maximum atomic E-state index is 12.2. The van der Waals surface area contributed by atoms with Crippen molar-refractivity contribution in [2.45, 2.75) is 12.5 Å². The van der Waals surface area contributed by atoms with Gasteiger partial charge in [0.15, 0.2) is 5.96 Å². The molecule has 1 aromatic rings. The smallest absolute Gasteiger partial charge is 0.407 e. The summed E-state index contributed by atoms with van der Waals surface area (Å²) in [4.78, 5) is 38.8. The van der Waals surface area contributed by atoms with Crippen molar-refractivity contribution < 1.29 is 34.1 Å². The van der Waals surface area contributed by atoms with Gasteiger partial charge >= 0.3 is 12.1 Å². The quantitative estimate of drug-likeness (QED) is 0.280. The third kappa shape index (κ3) is 7.04. The Morgan fingerprint density at radius 3 is 2.77 bits per heavy atom. The van der Waals surface area contributed by atoms with E-state index >= 15 is 0 Å². The Kier molecular flexibility index (Phi) is 8.54. The highest BCUT2D eigenvalue weighted by atomic mass is 16.5. The molecule has 0 spiro atoms. The molecule has 1 heterocycles. The van der Waals surface area contributed by atoms with E-state index in [2.05, 4.69) is 31.0 Å². The van der Waals surface area contributed by atoms with Gasteiger partial charge in [0.05, 0.1) is 19.2 Å². The van der Waals surface area contributed by atoms with Gasteiger partial charge in [-0.05, 0) is 18.6 Å². The zero-order valence-electron chi connectivity index (χ0n) is 16.4. The molecule has 0 aliphatic carbocycles. The zero-order valence-corrected chi connectivity index (χ0v) is 16.4. The van der Waals surface area contributed by atoms with Crippen LogP contribution in [0.2, 0.25) is 0 Å². The fourth-order valence-corrected chi connectivity index (χ4v) is 2.47. The minimum atomic E-state index is -1.39. The van der Waals surface area contributed by atoms with E-state index in [1.54, 1.807) is 0 Å². The van der Waals surface area contributed by atoms with Gasteiger partial charge in [-0.25, -0.2) is 9.59 Å². The molecule has 2 amide bonds. The predicted molar refractivity (Wildman–Crippen MR) is 106 cm³/mol. The first-order valence-electron chi connectivity index (χ1n) is 9.24. The fourth-order valence-electron chi connectivity index (χ4n) is 2.47. The molecule has 1 atom stereocenters. The Labute approximate surface area is 172 Å². The van der Waals surface area contributed by atoms with E-state index in [0.29, 0.717) is 18.9 Å². The number of rotatable bonds is 9. The van der Waals surface area contributed by atoms with Crippen LogP contribution in [0.3, 0.4) is 0 Å². The number of guanidine groups is 1. The van der Waals surface area contributed by atoms with Gasteiger partial charge in [0.2, 0.25) is 0 Å². The standard InChI is InChI=1S/C18H25N5O7/c1-29-18(28)23-13(16(26)27)10-22-15(25)12-4-3-11(9-14(12)24)30-8-7-21-17-19-5-2-6-20-17/h3-4,9,13,24H,2,5-8,10H2,1H3,(H,22,25)(H,23,28)(H,26,27)(H2,19,20,21)/t13-/m0/s1. The van der Waals surface area contributed by atoms with Crippen molar-refractivity contribution in [2.75, 3.05) is 39.9 Å². The van der Waals surface area contributed by atoms with Crippen molar-refractivity contribution in [2.24, 2.45) is 4.99 Å². The van der Waals surface area contributed by atoms with Crippen molar-refractivity contribution >= 4 is 23.9 Å². The number of aliphatic imine (C=N–C) groups is 1. The number of hydrogen-bond donors (Lipinski definition) is 6. The lowest BCUT2D eigenvalue weighted by Gasteiger charge is -2.16. The van der Waals surface area contributed by atoms with Crippen LogP contribution >= 0.6 is 0 Å². The Morgan fingerprint density at radius 1 is 1.33 bits per heavy atom. The van der Waals surface area contributed by atoms with Crippen molar-refractivity contribution in [3.05, 3.63) is 23.8 Å². The van der Waals surface area contributed by atoms with Gasteiger partial charge in [0, 0.05) is 25.7 Å². The highest BCUT2D eigenvalue weighted by Gasteiger charge is 2.22. The number of phenolic OH excluding ortho intramolecular Hbond substituents is 1. The molecule has 0 radical (unpaired) electrons. The van der Waals surface area contributed by atoms with Crippen molar-refractivity contribution in [1.82, 2.24) is 21.3 Å². The lowest BCUT2D eigenvalue weighted by Crippen LogP contribution is -2.48. The molecule has 12 heteroatoms. The maximum Gasteiger partial charge on any atom is 0.407 e. The number of carbonyl (C=O) groups is 3. The Balaban J connectivity index is 1.82. The van der Waals surface area contributed by atoms with Crippen LogP contribution in [0.4, 0.5) is 4.79 Å². The number of aromatic hydroxyl groups is 1. The van der Waals surface area contributed by atoms with E-state index in [9.17, 15) is 19.5 Å². The van der Waals surface area contributed by atoms with Gasteiger partial charge in [-0.1, -0.05) is 0 Å². The molecule has 1 aromatic carbocycles. The number of methoxy groups -OCH3 is 1. The fraction of sp³-hybridized carbons (Fsp3) is 0.444. The minimum absolute atomic E-state index is 0.0663. The number of hydrogen-bond acceptors (Lipinski definition) is 9. The molecule has 30 heavy (non-hydrogen) atoms. The van der Waals surface area contributed by atoms with E-state index in [0.717, 1.165) is 32.6 Å². The summed E-state index contributed by atoms with van der Waals surface area (Å²) in [6, 6.07) is 2.75. The average molecular weight is 423 g/mol. The molecule has 6 N–H and O–H groups in total. The molecular formula is C18H25N5O7. The summed E-state index contributed by atoms with van der Waals surface area (Å²) in [5.74, 6) is -1.30. The highest BCUT2D eigenvalue weighted by Crippen LogP contribution is 2.23. The van der Waals surface area contributed by atoms with E-state index in [1.165, 1.54) is 18.2 Å². The number of carbonyl (C=O) groups excluding carboxylic acids is 2. The third-order valence-corrected chi connectivity index (χ3v) is 4.02. The van der Waals surface area contributed by atoms with Gasteiger partial charge in [0.25, 0.3) is 5.91 Å². The van der Waals surface area contributed by atoms with Crippen LogP contribution in [0, 0.1) is 0 Å². The summed E-state index contributed by atoms with van der Waals surface area (Å²) in [5, 5.41) is 29.8. The number of ether oxygens (including phenoxy) is 2. The SMILES string of the molecule is COC(=O)N[C@@H](CNC(=O)c1ccc(OCCNC2=NCCCN2)cc1O)C(=O)O.